The fourth-order valence-electron chi connectivity index (χ4n) is 3.55. The first-order chi connectivity index (χ1) is 12.1. The lowest BCUT2D eigenvalue weighted by Crippen LogP contribution is -2.20. The molecule has 0 spiro atoms. The molecule has 0 aromatic heterocycles. The summed E-state index contributed by atoms with van der Waals surface area (Å²) in [7, 11) is 0. The lowest BCUT2D eigenvalue weighted by Gasteiger charge is -2.22. The van der Waals surface area contributed by atoms with E-state index in [9.17, 15) is 19.7 Å². The number of rotatable bonds is 6. The molecule has 0 radical (unpaired) electrons. The maximum Gasteiger partial charge on any atom is 0.269 e. The number of hydrogen-bond acceptors (Lipinski definition) is 4. The molecule has 3 rings (SSSR count). The molecule has 1 aliphatic carbocycles. The van der Waals surface area contributed by atoms with Gasteiger partial charge >= 0.3 is 0 Å². The molecule has 1 saturated carbocycles. The van der Waals surface area contributed by atoms with Gasteiger partial charge in [0.25, 0.3) is 5.69 Å². The summed E-state index contributed by atoms with van der Waals surface area (Å²) in [5, 5.41) is 10.7. The van der Waals surface area contributed by atoms with Crippen molar-refractivity contribution in [1.82, 2.24) is 0 Å². The first kappa shape index (κ1) is 17.0. The van der Waals surface area contributed by atoms with E-state index in [0.717, 1.165) is 18.4 Å². The highest BCUT2D eigenvalue weighted by atomic mass is 16.6. The van der Waals surface area contributed by atoms with Gasteiger partial charge in [-0.05, 0) is 30.5 Å². The van der Waals surface area contributed by atoms with Crippen molar-refractivity contribution < 1.29 is 14.5 Å². The van der Waals surface area contributed by atoms with Gasteiger partial charge in [0.2, 0.25) is 0 Å². The predicted octanol–water partition coefficient (Wildman–Crippen LogP) is 4.32. The third-order valence-corrected chi connectivity index (χ3v) is 4.87. The summed E-state index contributed by atoms with van der Waals surface area (Å²) < 4.78 is 0. The van der Waals surface area contributed by atoms with Crippen LogP contribution in [0.1, 0.15) is 47.5 Å². The highest BCUT2D eigenvalue weighted by Gasteiger charge is 2.34. The Morgan fingerprint density at radius 3 is 2.36 bits per heavy atom. The molecule has 0 aliphatic heterocycles. The molecule has 25 heavy (non-hydrogen) atoms. The van der Waals surface area contributed by atoms with Crippen molar-refractivity contribution in [3.05, 3.63) is 75.8 Å². The second-order valence-corrected chi connectivity index (χ2v) is 6.41. The van der Waals surface area contributed by atoms with Gasteiger partial charge in [-0.3, -0.25) is 19.7 Å². The lowest BCUT2D eigenvalue weighted by molar-refractivity contribution is -0.384. The smallest absolute Gasteiger partial charge is 0.269 e. The molecule has 0 unspecified atom stereocenters. The number of nitrogens with zero attached hydrogens (tertiary/aromatic N) is 1. The van der Waals surface area contributed by atoms with Crippen molar-refractivity contribution in [2.45, 2.75) is 31.6 Å². The topological polar surface area (TPSA) is 77.3 Å². The highest BCUT2D eigenvalue weighted by Crippen LogP contribution is 2.38. The lowest BCUT2D eigenvalue weighted by atomic mass is 9.80. The number of carbonyl (C=O) groups excluding carboxylic acids is 2. The van der Waals surface area contributed by atoms with Crippen LogP contribution in [0.4, 0.5) is 5.69 Å². The van der Waals surface area contributed by atoms with Crippen LogP contribution in [-0.4, -0.2) is 16.5 Å². The highest BCUT2D eigenvalue weighted by molar-refractivity contribution is 5.97. The summed E-state index contributed by atoms with van der Waals surface area (Å²) in [5.74, 6) is -0.128. The van der Waals surface area contributed by atoms with Crippen LogP contribution in [0.2, 0.25) is 0 Å². The number of hydrogen-bond donors (Lipinski definition) is 0. The number of nitro groups is 1. The Kier molecular flexibility index (Phi) is 5.03. The molecule has 128 valence electrons. The molecule has 0 bridgehead atoms. The molecule has 2 aromatic rings. The average Bonchev–Trinajstić information content (AvgIpc) is 3.06. The van der Waals surface area contributed by atoms with E-state index in [1.807, 2.05) is 30.3 Å². The fourth-order valence-corrected chi connectivity index (χ4v) is 3.55. The Morgan fingerprint density at radius 1 is 1.12 bits per heavy atom. The summed E-state index contributed by atoms with van der Waals surface area (Å²) in [6.07, 6.45) is 2.50. The first-order valence-corrected chi connectivity index (χ1v) is 8.41. The third kappa shape index (κ3) is 3.82. The van der Waals surface area contributed by atoms with E-state index < -0.39 is 4.92 Å². The van der Waals surface area contributed by atoms with Gasteiger partial charge in [-0.2, -0.15) is 0 Å². The van der Waals surface area contributed by atoms with Crippen molar-refractivity contribution in [3.63, 3.8) is 0 Å². The van der Waals surface area contributed by atoms with Crippen LogP contribution in [0, 0.1) is 16.0 Å². The van der Waals surface area contributed by atoms with E-state index in [1.165, 1.54) is 24.3 Å². The van der Waals surface area contributed by atoms with Gasteiger partial charge in [-0.1, -0.05) is 30.3 Å². The van der Waals surface area contributed by atoms with Gasteiger partial charge in [0.15, 0.2) is 5.78 Å². The molecule has 0 saturated heterocycles. The van der Waals surface area contributed by atoms with E-state index in [4.69, 9.17) is 0 Å². The first-order valence-electron chi connectivity index (χ1n) is 8.41. The Balaban J connectivity index is 1.83. The molecule has 0 heterocycles. The number of carbonyl (C=O) groups is 2. The molecule has 2 atom stereocenters. The zero-order valence-electron chi connectivity index (χ0n) is 13.8. The Bertz CT molecular complexity index is 783. The average molecular weight is 337 g/mol. The Morgan fingerprint density at radius 2 is 1.80 bits per heavy atom. The number of nitro benzene ring substituents is 1. The minimum atomic E-state index is -0.488. The quantitative estimate of drug-likeness (QED) is 0.447. The molecule has 5 nitrogen and oxygen atoms in total. The van der Waals surface area contributed by atoms with Crippen LogP contribution in [0.3, 0.4) is 0 Å². The molecule has 2 aromatic carbocycles. The van der Waals surface area contributed by atoms with Crippen molar-refractivity contribution in [1.29, 1.82) is 0 Å². The van der Waals surface area contributed by atoms with Gasteiger partial charge in [0.1, 0.15) is 5.78 Å². The van der Waals surface area contributed by atoms with E-state index >= 15 is 0 Å². The van der Waals surface area contributed by atoms with Crippen LogP contribution < -0.4 is 0 Å². The molecule has 1 aliphatic rings. The minimum Gasteiger partial charge on any atom is -0.299 e. The molecule has 1 fully saturated rings. The summed E-state index contributed by atoms with van der Waals surface area (Å²) in [4.78, 5) is 35.2. The normalized spacial score (nSPS) is 18.1. The Labute approximate surface area is 145 Å². The second kappa shape index (κ2) is 7.38. The molecule has 0 N–H and O–H groups in total. The van der Waals surface area contributed by atoms with Crippen LogP contribution in [-0.2, 0) is 4.79 Å². The van der Waals surface area contributed by atoms with Gasteiger partial charge in [0, 0.05) is 42.4 Å². The number of ketones is 2. The molecular formula is C20H19NO4. The van der Waals surface area contributed by atoms with Crippen LogP contribution in [0.15, 0.2) is 54.6 Å². The van der Waals surface area contributed by atoms with Crippen molar-refractivity contribution >= 4 is 17.3 Å². The predicted molar refractivity (Wildman–Crippen MR) is 93.6 cm³/mol. The number of non-ortho nitro benzene ring substituents is 1. The zero-order valence-corrected chi connectivity index (χ0v) is 13.8. The van der Waals surface area contributed by atoms with E-state index in [0.29, 0.717) is 12.0 Å². The molecule has 0 amide bonds. The Hall–Kier alpha value is -2.82. The van der Waals surface area contributed by atoms with E-state index in [2.05, 4.69) is 0 Å². The summed E-state index contributed by atoms with van der Waals surface area (Å²) in [6, 6.07) is 15.3. The maximum atomic E-state index is 12.7. The SMILES string of the molecule is O=C(C[C@@H](c1ccccc1)[C@H]1CCCC1=O)c1ccc([N+](=O)[O-])cc1. The fraction of sp³-hybridized carbons (Fsp3) is 0.300. The van der Waals surface area contributed by atoms with Gasteiger partial charge in [-0.25, -0.2) is 0 Å². The van der Waals surface area contributed by atoms with E-state index in [-0.39, 0.29) is 35.5 Å². The monoisotopic (exact) mass is 337 g/mol. The summed E-state index contributed by atoms with van der Waals surface area (Å²) >= 11 is 0. The van der Waals surface area contributed by atoms with E-state index in [1.54, 1.807) is 0 Å². The zero-order chi connectivity index (χ0) is 17.8. The molecular weight excluding hydrogens is 318 g/mol. The number of benzene rings is 2. The van der Waals surface area contributed by atoms with Gasteiger partial charge in [0.05, 0.1) is 4.92 Å². The minimum absolute atomic E-state index is 0.0397. The van der Waals surface area contributed by atoms with Crippen LogP contribution >= 0.6 is 0 Å². The van der Waals surface area contributed by atoms with Crippen molar-refractivity contribution in [3.8, 4) is 0 Å². The van der Waals surface area contributed by atoms with Gasteiger partial charge in [-0.15, -0.1) is 0 Å². The van der Waals surface area contributed by atoms with Crippen molar-refractivity contribution in [2.75, 3.05) is 0 Å². The molecule has 5 heteroatoms. The summed E-state index contributed by atoms with van der Waals surface area (Å²) in [5.41, 5.74) is 1.40. The third-order valence-electron chi connectivity index (χ3n) is 4.87. The van der Waals surface area contributed by atoms with Crippen LogP contribution in [0.5, 0.6) is 0 Å². The standard InChI is InChI=1S/C20H19NO4/c22-19-8-4-7-17(19)18(14-5-2-1-3-6-14)13-20(23)15-9-11-16(12-10-15)21(24)25/h1-3,5-6,9-12,17-18H,4,7-8,13H2/t17-,18+/m1/s1. The largest absolute Gasteiger partial charge is 0.299 e. The number of Topliss-reactive ketones (excluding diaryl/α,β-unsaturated/α-hetero) is 2. The summed E-state index contributed by atoms with van der Waals surface area (Å²) in [6.45, 7) is 0. The van der Waals surface area contributed by atoms with Gasteiger partial charge < -0.3 is 0 Å². The van der Waals surface area contributed by atoms with Crippen molar-refractivity contribution in [2.24, 2.45) is 5.92 Å². The maximum absolute atomic E-state index is 12.7. The second-order valence-electron chi connectivity index (χ2n) is 6.41. The van der Waals surface area contributed by atoms with Crippen LogP contribution in [0.25, 0.3) is 0 Å².